The van der Waals surface area contributed by atoms with Gasteiger partial charge >= 0.3 is 23.9 Å². The Morgan fingerprint density at radius 3 is 1.59 bits per heavy atom. The van der Waals surface area contributed by atoms with Gasteiger partial charge in [0, 0.05) is 27.7 Å². The summed E-state index contributed by atoms with van der Waals surface area (Å²) in [6.45, 7) is 16.2. The van der Waals surface area contributed by atoms with Crippen molar-refractivity contribution in [3.05, 3.63) is 46.6 Å². The van der Waals surface area contributed by atoms with Crippen molar-refractivity contribution in [3.8, 4) is 0 Å². The largest absolute Gasteiger partial charge is 0.463 e. The predicted octanol–water partition coefficient (Wildman–Crippen LogP) is 5.08. The Bertz CT molecular complexity index is 1360. The van der Waals surface area contributed by atoms with Gasteiger partial charge in [0.2, 0.25) is 0 Å². The van der Waals surface area contributed by atoms with E-state index in [2.05, 4.69) is 45.9 Å². The molecule has 2 N–H and O–H groups in total. The molecule has 2 fully saturated rings. The topological polar surface area (TPSA) is 183 Å². The summed E-state index contributed by atoms with van der Waals surface area (Å²) in [6.07, 6.45) is 0.613. The summed E-state index contributed by atoms with van der Waals surface area (Å²) >= 11 is 0. The number of carbonyl (C=O) groups excluding carboxylic acids is 4. The summed E-state index contributed by atoms with van der Waals surface area (Å²) in [5.41, 5.74) is 5.11. The van der Waals surface area contributed by atoms with Crippen LogP contribution in [-0.4, -0.2) is 109 Å². The third kappa shape index (κ3) is 16.5. The summed E-state index contributed by atoms with van der Waals surface area (Å²) in [4.78, 5) is 48.0. The molecule has 0 radical (unpaired) electrons. The second-order valence-electron chi connectivity index (χ2n) is 14.2. The number of allylic oxidation sites excluding steroid dienone is 7. The molecule has 2 aliphatic heterocycles. The highest BCUT2D eigenvalue weighted by Gasteiger charge is 2.54. The van der Waals surface area contributed by atoms with Crippen LogP contribution >= 0.6 is 0 Å². The third-order valence-electron chi connectivity index (χ3n) is 8.87. The van der Waals surface area contributed by atoms with E-state index in [1.54, 1.807) is 0 Å². The van der Waals surface area contributed by atoms with Gasteiger partial charge in [-0.1, -0.05) is 46.6 Å². The van der Waals surface area contributed by atoms with Gasteiger partial charge in [0.1, 0.15) is 31.0 Å². The number of hydrogen-bond donors (Lipinski definition) is 2. The van der Waals surface area contributed by atoms with Gasteiger partial charge in [0.25, 0.3) is 0 Å². The van der Waals surface area contributed by atoms with Crippen molar-refractivity contribution in [3.63, 3.8) is 0 Å². The first kappa shape index (κ1) is 46.8. The molecular weight excluding hydrogens is 704 g/mol. The van der Waals surface area contributed by atoms with Crippen LogP contribution in [0.2, 0.25) is 0 Å². The molecule has 2 saturated heterocycles. The molecule has 14 nitrogen and oxygen atoms in total. The van der Waals surface area contributed by atoms with Gasteiger partial charge in [-0.3, -0.25) is 19.2 Å². The van der Waals surface area contributed by atoms with Gasteiger partial charge in [-0.15, -0.1) is 0 Å². The molecule has 10 unspecified atom stereocenters. The Balaban J connectivity index is 2.20. The molecule has 0 aromatic heterocycles. The van der Waals surface area contributed by atoms with E-state index in [1.165, 1.54) is 30.6 Å². The van der Waals surface area contributed by atoms with Crippen LogP contribution in [0.5, 0.6) is 0 Å². The van der Waals surface area contributed by atoms with Crippen molar-refractivity contribution in [1.82, 2.24) is 0 Å². The van der Waals surface area contributed by atoms with E-state index in [0.717, 1.165) is 64.9 Å². The molecule has 14 heteroatoms. The molecule has 0 aromatic rings. The van der Waals surface area contributed by atoms with Gasteiger partial charge in [-0.2, -0.15) is 0 Å². The number of aliphatic hydroxyl groups excluding tert-OH is 2. The lowest BCUT2D eigenvalue weighted by Crippen LogP contribution is -2.65. The fourth-order valence-electron chi connectivity index (χ4n) is 6.02. The first-order chi connectivity index (χ1) is 25.4. The number of ether oxygens (including phenoxy) is 8. The first-order valence-electron chi connectivity index (χ1n) is 18.6. The van der Waals surface area contributed by atoms with Crippen LogP contribution in [-0.2, 0) is 57.1 Å². The summed E-state index contributed by atoms with van der Waals surface area (Å²) < 4.78 is 45.3. The van der Waals surface area contributed by atoms with Crippen LogP contribution in [0.25, 0.3) is 0 Å². The molecule has 0 amide bonds. The van der Waals surface area contributed by atoms with Crippen LogP contribution in [0.4, 0.5) is 0 Å². The van der Waals surface area contributed by atoms with Crippen molar-refractivity contribution in [2.75, 3.05) is 13.2 Å². The van der Waals surface area contributed by atoms with Crippen molar-refractivity contribution < 1.29 is 67.3 Å². The van der Waals surface area contributed by atoms with E-state index >= 15 is 0 Å². The maximum absolute atomic E-state index is 12.2. The summed E-state index contributed by atoms with van der Waals surface area (Å²) in [6, 6.07) is 0. The lowest BCUT2D eigenvalue weighted by Gasteiger charge is -2.47. The molecule has 10 atom stereocenters. The van der Waals surface area contributed by atoms with E-state index in [9.17, 15) is 29.4 Å². The van der Waals surface area contributed by atoms with E-state index < -0.39 is 91.9 Å². The molecule has 2 aliphatic rings. The second kappa shape index (κ2) is 23.5. The van der Waals surface area contributed by atoms with Crippen molar-refractivity contribution in [1.29, 1.82) is 0 Å². The quantitative estimate of drug-likeness (QED) is 0.101. The first-order valence-corrected chi connectivity index (χ1v) is 18.6. The van der Waals surface area contributed by atoms with Crippen LogP contribution < -0.4 is 0 Å². The number of esters is 4. The highest BCUT2D eigenvalue weighted by Crippen LogP contribution is 2.33. The highest BCUT2D eigenvalue weighted by molar-refractivity contribution is 5.68. The summed E-state index contributed by atoms with van der Waals surface area (Å²) in [5, 5.41) is 22.3. The number of hydrogen-bond acceptors (Lipinski definition) is 14. The van der Waals surface area contributed by atoms with E-state index in [-0.39, 0.29) is 6.61 Å². The SMILES string of the molecule is CC(=O)OCC1OC(OCC=C(C)CCC=C(C)CCC=C(C)CCC=C(C)C)C(O)C(OC2OC(C)C(O)C(OC(C)=O)C2OC(C)=O)C1OC(C)=O. The average molecular weight is 767 g/mol. The fourth-order valence-corrected chi connectivity index (χ4v) is 6.02. The maximum atomic E-state index is 12.2. The standard InChI is InChI=1S/C40H62O14/c1-23(2)14-11-15-24(3)16-12-17-25(4)18-13-19-26(5)20-21-47-39-34(46)37(35(50-29(8)42)32(53-39)22-48-28(7)41)54-40-38(52-31(10)44)36(51-30(9)43)33(45)27(6)49-40/h14,16,18,20,27,32-40,45-46H,11-13,15,17,19,21-22H2,1-10H3. The molecule has 0 aliphatic carbocycles. The number of rotatable bonds is 19. The lowest BCUT2D eigenvalue weighted by molar-refractivity contribution is -0.357. The molecule has 0 aromatic carbocycles. The zero-order valence-corrected chi connectivity index (χ0v) is 33.5. The molecule has 0 spiro atoms. The van der Waals surface area contributed by atoms with Crippen LogP contribution in [0.3, 0.4) is 0 Å². The van der Waals surface area contributed by atoms with Gasteiger partial charge in [-0.25, -0.2) is 0 Å². The Kier molecular flexibility index (Phi) is 20.4. The van der Waals surface area contributed by atoms with E-state index in [1.807, 2.05) is 13.0 Å². The van der Waals surface area contributed by atoms with Crippen molar-refractivity contribution in [2.24, 2.45) is 0 Å². The van der Waals surface area contributed by atoms with Crippen LogP contribution in [0.15, 0.2) is 46.6 Å². The normalized spacial score (nSPS) is 29.2. The summed E-state index contributed by atoms with van der Waals surface area (Å²) in [5.74, 6) is -2.95. The Labute approximate surface area is 319 Å². The number of aliphatic hydroxyl groups is 2. The van der Waals surface area contributed by atoms with Gasteiger partial charge in [-0.05, 0) is 80.1 Å². The van der Waals surface area contributed by atoms with Crippen LogP contribution in [0.1, 0.15) is 108 Å². The Morgan fingerprint density at radius 2 is 1.07 bits per heavy atom. The minimum Gasteiger partial charge on any atom is -0.463 e. The number of carbonyl (C=O) groups is 4. The zero-order valence-electron chi connectivity index (χ0n) is 33.5. The lowest BCUT2D eigenvalue weighted by atomic mass is 9.96. The van der Waals surface area contributed by atoms with E-state index in [4.69, 9.17) is 37.9 Å². The maximum Gasteiger partial charge on any atom is 0.303 e. The average Bonchev–Trinajstić information content (AvgIpc) is 3.06. The van der Waals surface area contributed by atoms with E-state index in [0.29, 0.717) is 0 Å². The molecule has 54 heavy (non-hydrogen) atoms. The van der Waals surface area contributed by atoms with Gasteiger partial charge < -0.3 is 48.1 Å². The van der Waals surface area contributed by atoms with Crippen LogP contribution in [0, 0.1) is 0 Å². The molecule has 306 valence electrons. The van der Waals surface area contributed by atoms with Gasteiger partial charge in [0.05, 0.1) is 12.7 Å². The highest BCUT2D eigenvalue weighted by atomic mass is 16.8. The minimum atomic E-state index is -1.62. The smallest absolute Gasteiger partial charge is 0.303 e. The molecule has 0 saturated carbocycles. The molecule has 2 rings (SSSR count). The Morgan fingerprint density at radius 1 is 0.574 bits per heavy atom. The van der Waals surface area contributed by atoms with Crippen molar-refractivity contribution in [2.45, 2.75) is 169 Å². The zero-order chi connectivity index (χ0) is 40.5. The second-order valence-corrected chi connectivity index (χ2v) is 14.2. The fraction of sp³-hybridized carbons (Fsp3) is 0.700. The predicted molar refractivity (Wildman–Crippen MR) is 198 cm³/mol. The molecular formula is C40H62O14. The molecule has 2 heterocycles. The third-order valence-corrected chi connectivity index (χ3v) is 8.87. The summed E-state index contributed by atoms with van der Waals surface area (Å²) in [7, 11) is 0. The molecule has 0 bridgehead atoms. The minimum absolute atomic E-state index is 0.0338. The van der Waals surface area contributed by atoms with Crippen molar-refractivity contribution >= 4 is 23.9 Å². The van der Waals surface area contributed by atoms with Gasteiger partial charge in [0.15, 0.2) is 30.9 Å². The Hall–Kier alpha value is -3.40. The monoisotopic (exact) mass is 766 g/mol.